The lowest BCUT2D eigenvalue weighted by Crippen LogP contribution is -2.13. The standard InChI is InChI=1S/C13H19NO2/c1-9(2)7-13(15)14-11-5-6-12(16-4)10(3)8-11/h5-6,8-9H,7H2,1-4H3,(H,14,15). The molecule has 1 amide bonds. The van der Waals surface area contributed by atoms with Crippen LogP contribution in [0.3, 0.4) is 0 Å². The lowest BCUT2D eigenvalue weighted by atomic mass is 10.1. The van der Waals surface area contributed by atoms with Crippen molar-refractivity contribution in [2.45, 2.75) is 27.2 Å². The van der Waals surface area contributed by atoms with Crippen LogP contribution >= 0.6 is 0 Å². The highest BCUT2D eigenvalue weighted by Crippen LogP contribution is 2.21. The van der Waals surface area contributed by atoms with E-state index >= 15 is 0 Å². The number of benzene rings is 1. The van der Waals surface area contributed by atoms with E-state index in [1.807, 2.05) is 39.0 Å². The van der Waals surface area contributed by atoms with E-state index in [4.69, 9.17) is 4.74 Å². The Morgan fingerprint density at radius 2 is 2.12 bits per heavy atom. The third kappa shape index (κ3) is 3.57. The fourth-order valence-electron chi connectivity index (χ4n) is 1.54. The molecule has 0 radical (unpaired) electrons. The molecule has 0 saturated heterocycles. The number of hydrogen-bond acceptors (Lipinski definition) is 2. The van der Waals surface area contributed by atoms with E-state index in [-0.39, 0.29) is 5.91 Å². The van der Waals surface area contributed by atoms with Crippen LogP contribution in [-0.2, 0) is 4.79 Å². The van der Waals surface area contributed by atoms with Gasteiger partial charge in [-0.05, 0) is 36.6 Å². The Kier molecular flexibility index (Phi) is 4.35. The second-order valence-corrected chi connectivity index (χ2v) is 4.33. The first-order valence-corrected chi connectivity index (χ1v) is 5.47. The maximum absolute atomic E-state index is 11.5. The maximum atomic E-state index is 11.5. The molecule has 0 atom stereocenters. The van der Waals surface area contributed by atoms with Crippen LogP contribution in [0, 0.1) is 12.8 Å². The van der Waals surface area contributed by atoms with E-state index in [1.165, 1.54) is 0 Å². The van der Waals surface area contributed by atoms with Gasteiger partial charge >= 0.3 is 0 Å². The predicted octanol–water partition coefficient (Wildman–Crippen LogP) is 2.99. The fourth-order valence-corrected chi connectivity index (χ4v) is 1.54. The molecule has 1 aromatic carbocycles. The zero-order valence-corrected chi connectivity index (χ0v) is 10.3. The Balaban J connectivity index is 2.68. The van der Waals surface area contributed by atoms with Crippen LogP contribution in [0.2, 0.25) is 0 Å². The zero-order valence-electron chi connectivity index (χ0n) is 10.3. The first kappa shape index (κ1) is 12.6. The van der Waals surface area contributed by atoms with E-state index in [1.54, 1.807) is 7.11 Å². The predicted molar refractivity (Wildman–Crippen MR) is 65.8 cm³/mol. The number of hydrogen-bond donors (Lipinski definition) is 1. The number of carbonyl (C=O) groups is 1. The topological polar surface area (TPSA) is 38.3 Å². The summed E-state index contributed by atoms with van der Waals surface area (Å²) >= 11 is 0. The minimum atomic E-state index is 0.0552. The van der Waals surface area contributed by atoms with E-state index in [0.29, 0.717) is 12.3 Å². The summed E-state index contributed by atoms with van der Waals surface area (Å²) in [5.74, 6) is 1.26. The Morgan fingerprint density at radius 3 is 2.62 bits per heavy atom. The van der Waals surface area contributed by atoms with Crippen molar-refractivity contribution in [3.63, 3.8) is 0 Å². The highest BCUT2D eigenvalue weighted by atomic mass is 16.5. The van der Waals surface area contributed by atoms with Gasteiger partial charge in [-0.25, -0.2) is 0 Å². The molecule has 1 aromatic rings. The number of methoxy groups -OCH3 is 1. The second kappa shape index (κ2) is 5.54. The molecule has 16 heavy (non-hydrogen) atoms. The number of anilines is 1. The summed E-state index contributed by atoms with van der Waals surface area (Å²) < 4.78 is 5.16. The van der Waals surface area contributed by atoms with E-state index < -0.39 is 0 Å². The Bertz CT molecular complexity index is 372. The molecule has 88 valence electrons. The Hall–Kier alpha value is -1.51. The zero-order chi connectivity index (χ0) is 12.1. The first-order chi connectivity index (χ1) is 7.52. The van der Waals surface area contributed by atoms with Gasteiger partial charge in [0.15, 0.2) is 0 Å². The van der Waals surface area contributed by atoms with Crippen molar-refractivity contribution in [3.05, 3.63) is 23.8 Å². The van der Waals surface area contributed by atoms with Crippen molar-refractivity contribution >= 4 is 11.6 Å². The summed E-state index contributed by atoms with van der Waals surface area (Å²) in [5.41, 5.74) is 1.84. The van der Waals surface area contributed by atoms with Gasteiger partial charge in [0, 0.05) is 12.1 Å². The molecule has 0 heterocycles. The van der Waals surface area contributed by atoms with Gasteiger partial charge in [-0.1, -0.05) is 13.8 Å². The van der Waals surface area contributed by atoms with Crippen molar-refractivity contribution in [2.75, 3.05) is 12.4 Å². The molecule has 1 rings (SSSR count). The van der Waals surface area contributed by atoms with Crippen LogP contribution in [0.15, 0.2) is 18.2 Å². The molecule has 0 spiro atoms. The third-order valence-electron chi connectivity index (χ3n) is 2.27. The minimum Gasteiger partial charge on any atom is -0.496 e. The molecule has 0 saturated carbocycles. The summed E-state index contributed by atoms with van der Waals surface area (Å²) in [6.07, 6.45) is 0.547. The number of nitrogens with one attached hydrogen (secondary N) is 1. The molecule has 0 unspecified atom stereocenters. The second-order valence-electron chi connectivity index (χ2n) is 4.33. The summed E-state index contributed by atoms with van der Waals surface area (Å²) in [7, 11) is 1.64. The average Bonchev–Trinajstić information content (AvgIpc) is 2.16. The van der Waals surface area contributed by atoms with Crippen LogP contribution in [0.1, 0.15) is 25.8 Å². The molecule has 0 bridgehead atoms. The molecular weight excluding hydrogens is 202 g/mol. The molecule has 0 aliphatic heterocycles. The summed E-state index contributed by atoms with van der Waals surface area (Å²) in [6, 6.07) is 5.63. The average molecular weight is 221 g/mol. The van der Waals surface area contributed by atoms with Crippen molar-refractivity contribution in [3.8, 4) is 5.75 Å². The molecule has 1 N–H and O–H groups in total. The van der Waals surface area contributed by atoms with Gasteiger partial charge in [0.1, 0.15) is 5.75 Å². The number of carbonyl (C=O) groups excluding carboxylic acids is 1. The smallest absolute Gasteiger partial charge is 0.224 e. The summed E-state index contributed by atoms with van der Waals surface area (Å²) in [4.78, 5) is 11.5. The number of ether oxygens (including phenoxy) is 1. The quantitative estimate of drug-likeness (QED) is 0.848. The molecule has 0 aliphatic carbocycles. The maximum Gasteiger partial charge on any atom is 0.224 e. The van der Waals surface area contributed by atoms with Crippen molar-refractivity contribution in [2.24, 2.45) is 5.92 Å². The highest BCUT2D eigenvalue weighted by molar-refractivity contribution is 5.91. The van der Waals surface area contributed by atoms with Crippen molar-refractivity contribution in [1.82, 2.24) is 0 Å². The molecule has 3 heteroatoms. The molecule has 3 nitrogen and oxygen atoms in total. The SMILES string of the molecule is COc1ccc(NC(=O)CC(C)C)cc1C. The number of aryl methyl sites for hydroxylation is 1. The van der Waals surface area contributed by atoms with Crippen LogP contribution in [0.25, 0.3) is 0 Å². The lowest BCUT2D eigenvalue weighted by molar-refractivity contribution is -0.116. The van der Waals surface area contributed by atoms with Crippen LogP contribution in [0.4, 0.5) is 5.69 Å². The van der Waals surface area contributed by atoms with E-state index in [9.17, 15) is 4.79 Å². The monoisotopic (exact) mass is 221 g/mol. The summed E-state index contributed by atoms with van der Waals surface area (Å²) in [6.45, 7) is 6.01. The van der Waals surface area contributed by atoms with Crippen LogP contribution < -0.4 is 10.1 Å². The van der Waals surface area contributed by atoms with Crippen molar-refractivity contribution < 1.29 is 9.53 Å². The third-order valence-corrected chi connectivity index (χ3v) is 2.27. The normalized spacial score (nSPS) is 10.3. The van der Waals surface area contributed by atoms with Gasteiger partial charge in [0.05, 0.1) is 7.11 Å². The van der Waals surface area contributed by atoms with E-state index in [0.717, 1.165) is 17.0 Å². The Labute approximate surface area is 96.8 Å². The minimum absolute atomic E-state index is 0.0552. The van der Waals surface area contributed by atoms with Gasteiger partial charge < -0.3 is 10.1 Å². The van der Waals surface area contributed by atoms with Crippen LogP contribution in [0.5, 0.6) is 5.75 Å². The van der Waals surface area contributed by atoms with Crippen LogP contribution in [-0.4, -0.2) is 13.0 Å². The molecule has 0 aromatic heterocycles. The van der Waals surface area contributed by atoms with Gasteiger partial charge in [-0.3, -0.25) is 4.79 Å². The summed E-state index contributed by atoms with van der Waals surface area (Å²) in [5, 5.41) is 2.87. The lowest BCUT2D eigenvalue weighted by Gasteiger charge is -2.09. The van der Waals surface area contributed by atoms with Gasteiger partial charge in [0.25, 0.3) is 0 Å². The molecule has 0 fully saturated rings. The molecular formula is C13H19NO2. The van der Waals surface area contributed by atoms with Gasteiger partial charge in [-0.2, -0.15) is 0 Å². The van der Waals surface area contributed by atoms with Gasteiger partial charge in [-0.15, -0.1) is 0 Å². The molecule has 0 aliphatic rings. The van der Waals surface area contributed by atoms with Gasteiger partial charge in [0.2, 0.25) is 5.91 Å². The largest absolute Gasteiger partial charge is 0.496 e. The fraction of sp³-hybridized carbons (Fsp3) is 0.462. The first-order valence-electron chi connectivity index (χ1n) is 5.47. The number of amides is 1. The van der Waals surface area contributed by atoms with Crippen molar-refractivity contribution in [1.29, 1.82) is 0 Å². The Morgan fingerprint density at radius 1 is 1.44 bits per heavy atom. The van der Waals surface area contributed by atoms with E-state index in [2.05, 4.69) is 5.32 Å². The number of rotatable bonds is 4. The highest BCUT2D eigenvalue weighted by Gasteiger charge is 2.06.